The van der Waals surface area contributed by atoms with Gasteiger partial charge in [0.25, 0.3) is 5.91 Å². The second-order valence-electron chi connectivity index (χ2n) is 7.80. The van der Waals surface area contributed by atoms with Crippen LogP contribution in [0, 0.1) is 5.82 Å². The monoisotopic (exact) mass is 506 g/mol. The summed E-state index contributed by atoms with van der Waals surface area (Å²) in [6, 6.07) is 11.0. The Balaban J connectivity index is 2.22. The van der Waals surface area contributed by atoms with Gasteiger partial charge in [-0.1, -0.05) is 39.0 Å². The molecule has 0 heterocycles. The van der Waals surface area contributed by atoms with Gasteiger partial charge in [0.1, 0.15) is 17.6 Å². The van der Waals surface area contributed by atoms with E-state index in [1.807, 2.05) is 39.0 Å². The number of amides is 2. The number of nitrogens with one attached hydrogen (secondary N) is 1. The number of halogens is 2. The van der Waals surface area contributed by atoms with Gasteiger partial charge in [-0.15, -0.1) is 0 Å². The normalized spacial score (nSPS) is 12.7. The molecule has 0 aliphatic heterocycles. The van der Waals surface area contributed by atoms with Crippen molar-refractivity contribution in [2.75, 3.05) is 6.61 Å². The number of hydrogen-bond acceptors (Lipinski definition) is 3. The largest absolute Gasteiger partial charge is 0.483 e. The Kier molecular flexibility index (Phi) is 10.2. The molecule has 7 heteroatoms. The maximum absolute atomic E-state index is 13.3. The maximum Gasteiger partial charge on any atom is 0.261 e. The van der Waals surface area contributed by atoms with E-state index < -0.39 is 6.04 Å². The predicted molar refractivity (Wildman–Crippen MR) is 128 cm³/mol. The second kappa shape index (κ2) is 12.6. The van der Waals surface area contributed by atoms with E-state index in [0.717, 1.165) is 28.4 Å². The molecule has 0 aromatic heterocycles. The molecule has 0 saturated heterocycles. The number of aryl methyl sites for hydroxylation is 1. The zero-order valence-corrected chi connectivity index (χ0v) is 20.7. The fraction of sp³-hybridized carbons (Fsp3) is 0.440. The SMILES string of the molecule is CCc1ccc(OCC(=O)N(Cc2ccc(F)cc2)[C@@H](CC)C(=O)N[C@H](C)CC)c(Br)c1. The minimum absolute atomic E-state index is 0.00334. The summed E-state index contributed by atoms with van der Waals surface area (Å²) in [5.74, 6) is -0.302. The van der Waals surface area contributed by atoms with Gasteiger partial charge in [-0.3, -0.25) is 9.59 Å². The Morgan fingerprint density at radius 3 is 2.28 bits per heavy atom. The molecule has 0 radical (unpaired) electrons. The molecule has 0 saturated carbocycles. The van der Waals surface area contributed by atoms with E-state index in [9.17, 15) is 14.0 Å². The average Bonchev–Trinajstić information content (AvgIpc) is 2.78. The molecule has 2 atom stereocenters. The highest BCUT2D eigenvalue weighted by Crippen LogP contribution is 2.26. The quantitative estimate of drug-likeness (QED) is 0.452. The van der Waals surface area contributed by atoms with Crippen LogP contribution in [0.4, 0.5) is 4.39 Å². The summed E-state index contributed by atoms with van der Waals surface area (Å²) in [4.78, 5) is 27.6. The van der Waals surface area contributed by atoms with Crippen molar-refractivity contribution in [3.05, 3.63) is 63.9 Å². The van der Waals surface area contributed by atoms with Gasteiger partial charge in [-0.25, -0.2) is 4.39 Å². The lowest BCUT2D eigenvalue weighted by Crippen LogP contribution is -2.51. The molecule has 1 N–H and O–H groups in total. The highest BCUT2D eigenvalue weighted by atomic mass is 79.9. The third kappa shape index (κ3) is 7.33. The number of carbonyl (C=O) groups is 2. The topological polar surface area (TPSA) is 58.6 Å². The van der Waals surface area contributed by atoms with Gasteiger partial charge in [0.15, 0.2) is 6.61 Å². The van der Waals surface area contributed by atoms with Gasteiger partial charge in [0.2, 0.25) is 5.91 Å². The highest BCUT2D eigenvalue weighted by Gasteiger charge is 2.29. The summed E-state index contributed by atoms with van der Waals surface area (Å²) in [6.45, 7) is 7.82. The van der Waals surface area contributed by atoms with Crippen LogP contribution in [-0.2, 0) is 22.6 Å². The summed E-state index contributed by atoms with van der Waals surface area (Å²) in [5, 5.41) is 2.97. The second-order valence-corrected chi connectivity index (χ2v) is 8.65. The third-order valence-electron chi connectivity index (χ3n) is 5.41. The molecule has 32 heavy (non-hydrogen) atoms. The van der Waals surface area contributed by atoms with Crippen LogP contribution < -0.4 is 10.1 Å². The van der Waals surface area contributed by atoms with E-state index in [2.05, 4.69) is 28.2 Å². The minimum Gasteiger partial charge on any atom is -0.483 e. The van der Waals surface area contributed by atoms with E-state index >= 15 is 0 Å². The van der Waals surface area contributed by atoms with Crippen LogP contribution in [0.2, 0.25) is 0 Å². The summed E-state index contributed by atoms with van der Waals surface area (Å²) >= 11 is 3.49. The Hall–Kier alpha value is -2.41. The molecule has 0 bridgehead atoms. The first-order valence-electron chi connectivity index (χ1n) is 11.0. The summed E-state index contributed by atoms with van der Waals surface area (Å²) < 4.78 is 19.9. The van der Waals surface area contributed by atoms with Crippen LogP contribution in [0.25, 0.3) is 0 Å². The van der Waals surface area contributed by atoms with Gasteiger partial charge in [0, 0.05) is 12.6 Å². The molecule has 174 valence electrons. The lowest BCUT2D eigenvalue weighted by Gasteiger charge is -2.31. The third-order valence-corrected chi connectivity index (χ3v) is 6.03. The smallest absolute Gasteiger partial charge is 0.261 e. The molecule has 0 aliphatic carbocycles. The average molecular weight is 507 g/mol. The molecule has 0 aliphatic rings. The van der Waals surface area contributed by atoms with Crippen LogP contribution in [0.3, 0.4) is 0 Å². The zero-order valence-electron chi connectivity index (χ0n) is 19.2. The Morgan fingerprint density at radius 1 is 1.06 bits per heavy atom. The molecule has 0 spiro atoms. The van der Waals surface area contributed by atoms with E-state index in [1.165, 1.54) is 17.0 Å². The van der Waals surface area contributed by atoms with Crippen molar-refractivity contribution >= 4 is 27.7 Å². The van der Waals surface area contributed by atoms with Gasteiger partial charge in [0.05, 0.1) is 4.47 Å². The lowest BCUT2D eigenvalue weighted by atomic mass is 10.1. The summed E-state index contributed by atoms with van der Waals surface area (Å²) in [6.07, 6.45) is 2.13. The number of nitrogens with zero attached hydrogens (tertiary/aromatic N) is 1. The van der Waals surface area contributed by atoms with Gasteiger partial charge >= 0.3 is 0 Å². The summed E-state index contributed by atoms with van der Waals surface area (Å²) in [7, 11) is 0. The number of rotatable bonds is 11. The minimum atomic E-state index is -0.656. The fourth-order valence-corrected chi connectivity index (χ4v) is 3.79. The van der Waals surface area contributed by atoms with E-state index in [4.69, 9.17) is 4.74 Å². The first-order chi connectivity index (χ1) is 15.3. The van der Waals surface area contributed by atoms with Crippen molar-refractivity contribution in [2.24, 2.45) is 0 Å². The predicted octanol–water partition coefficient (Wildman–Crippen LogP) is 5.25. The van der Waals surface area contributed by atoms with Crippen molar-refractivity contribution in [1.29, 1.82) is 0 Å². The van der Waals surface area contributed by atoms with E-state index in [0.29, 0.717) is 12.2 Å². The number of benzene rings is 2. The zero-order chi connectivity index (χ0) is 23.7. The Bertz CT molecular complexity index is 905. The number of ether oxygens (including phenoxy) is 1. The van der Waals surface area contributed by atoms with Gasteiger partial charge < -0.3 is 15.0 Å². The molecule has 2 amide bonds. The standard InChI is InChI=1S/C25H32BrFN2O3/c1-5-17(4)28-25(31)22(7-3)29(15-19-8-11-20(27)12-9-19)24(30)16-32-23-13-10-18(6-2)14-21(23)26/h8-14,17,22H,5-7,15-16H2,1-4H3,(H,28,31)/t17-,22+/m1/s1. The van der Waals surface area contributed by atoms with Crippen LogP contribution in [0.15, 0.2) is 46.9 Å². The van der Waals surface area contributed by atoms with Crippen molar-refractivity contribution in [1.82, 2.24) is 10.2 Å². The molecule has 2 aromatic carbocycles. The number of hydrogen-bond donors (Lipinski definition) is 1. The maximum atomic E-state index is 13.3. The van der Waals surface area contributed by atoms with E-state index in [-0.39, 0.29) is 36.8 Å². The van der Waals surface area contributed by atoms with Crippen molar-refractivity contribution in [3.63, 3.8) is 0 Å². The highest BCUT2D eigenvalue weighted by molar-refractivity contribution is 9.10. The summed E-state index contributed by atoms with van der Waals surface area (Å²) in [5.41, 5.74) is 1.89. The molecule has 5 nitrogen and oxygen atoms in total. The van der Waals surface area contributed by atoms with E-state index in [1.54, 1.807) is 12.1 Å². The van der Waals surface area contributed by atoms with Crippen LogP contribution >= 0.6 is 15.9 Å². The molecule has 2 aromatic rings. The van der Waals surface area contributed by atoms with Crippen molar-refractivity contribution in [2.45, 2.75) is 65.6 Å². The number of carbonyl (C=O) groups excluding carboxylic acids is 2. The van der Waals surface area contributed by atoms with Crippen LogP contribution in [0.1, 0.15) is 51.7 Å². The Labute approximate surface area is 198 Å². The molecular formula is C25H32BrFN2O3. The first-order valence-corrected chi connectivity index (χ1v) is 11.8. The molecular weight excluding hydrogens is 475 g/mol. The molecule has 2 rings (SSSR count). The van der Waals surface area contributed by atoms with Crippen LogP contribution in [-0.4, -0.2) is 35.4 Å². The Morgan fingerprint density at radius 2 is 1.72 bits per heavy atom. The van der Waals surface area contributed by atoms with Crippen LogP contribution in [0.5, 0.6) is 5.75 Å². The van der Waals surface area contributed by atoms with Crippen molar-refractivity contribution < 1.29 is 18.7 Å². The first kappa shape index (κ1) is 25.8. The lowest BCUT2D eigenvalue weighted by molar-refractivity contribution is -0.143. The van der Waals surface area contributed by atoms with Gasteiger partial charge in [-0.2, -0.15) is 0 Å². The molecule has 0 unspecified atom stereocenters. The van der Waals surface area contributed by atoms with Gasteiger partial charge in [-0.05, 0) is 77.5 Å². The molecule has 0 fully saturated rings. The van der Waals surface area contributed by atoms with Crippen molar-refractivity contribution in [3.8, 4) is 5.75 Å². The fourth-order valence-electron chi connectivity index (χ4n) is 3.25.